The van der Waals surface area contributed by atoms with Crippen molar-refractivity contribution in [2.45, 2.75) is 95.5 Å². The van der Waals surface area contributed by atoms with Gasteiger partial charge in [-0.1, -0.05) is 35.9 Å². The zero-order chi connectivity index (χ0) is 42.7. The van der Waals surface area contributed by atoms with Crippen molar-refractivity contribution in [2.24, 2.45) is 11.8 Å². The van der Waals surface area contributed by atoms with E-state index in [0.717, 1.165) is 18.4 Å². The summed E-state index contributed by atoms with van der Waals surface area (Å²) in [6.45, 7) is 9.24. The maximum absolute atomic E-state index is 15.2. The number of hydrogen-bond donors (Lipinski definition) is 0. The van der Waals surface area contributed by atoms with Crippen molar-refractivity contribution >= 4 is 33.9 Å². The summed E-state index contributed by atoms with van der Waals surface area (Å²) in [6, 6.07) is 17.6. The first-order valence-corrected chi connectivity index (χ1v) is 21.8. The third kappa shape index (κ3) is 13.6. The van der Waals surface area contributed by atoms with Crippen molar-refractivity contribution in [3.8, 4) is 16.9 Å². The Morgan fingerprint density at radius 2 is 1.54 bits per heavy atom. The van der Waals surface area contributed by atoms with Crippen LogP contribution < -0.4 is 4.74 Å². The van der Waals surface area contributed by atoms with E-state index in [4.69, 9.17) is 18.4 Å². The van der Waals surface area contributed by atoms with Crippen LogP contribution in [0.2, 0.25) is 0 Å². The molecule has 12 nitrogen and oxygen atoms in total. The molecule has 2 atom stereocenters. The monoisotopic (exact) mass is 836 g/mol. The van der Waals surface area contributed by atoms with Crippen LogP contribution in [0.4, 0.5) is 9.18 Å². The second kappa shape index (κ2) is 20.4. The number of likely N-dealkylation sites (tertiary alicyclic amines) is 2. The summed E-state index contributed by atoms with van der Waals surface area (Å²) in [5.41, 5.74) is 2.05. The summed E-state index contributed by atoms with van der Waals surface area (Å²) in [6.07, 6.45) is 3.54. The van der Waals surface area contributed by atoms with Gasteiger partial charge < -0.3 is 24.0 Å². The van der Waals surface area contributed by atoms with Gasteiger partial charge in [-0.3, -0.25) is 18.6 Å². The van der Waals surface area contributed by atoms with Crippen LogP contribution in [-0.2, 0) is 38.2 Å². The Balaban J connectivity index is 1.15. The molecule has 5 rings (SSSR count). The Hall–Kier alpha value is -4.82. The normalized spacial score (nSPS) is 16.9. The molecule has 0 spiro atoms. The minimum Gasteiger partial charge on any atom is -0.491 e. The van der Waals surface area contributed by atoms with Gasteiger partial charge in [0.2, 0.25) is 5.91 Å². The predicted molar refractivity (Wildman–Crippen MR) is 220 cm³/mol. The molecule has 2 fully saturated rings. The molecule has 0 radical (unpaired) electrons. The van der Waals surface area contributed by atoms with Gasteiger partial charge in [-0.15, -0.1) is 0 Å². The molecule has 0 saturated carbocycles. The lowest BCUT2D eigenvalue weighted by Crippen LogP contribution is -2.43. The van der Waals surface area contributed by atoms with Gasteiger partial charge in [0, 0.05) is 50.9 Å². The van der Waals surface area contributed by atoms with Crippen LogP contribution in [0.1, 0.15) is 89.2 Å². The van der Waals surface area contributed by atoms with E-state index < -0.39 is 39.3 Å². The number of Topliss-reactive ketones (excluding diaryl/α,β-unsaturated/α-hetero) is 1. The maximum atomic E-state index is 15.2. The predicted octanol–water partition coefficient (Wildman–Crippen LogP) is 7.86. The van der Waals surface area contributed by atoms with Gasteiger partial charge in [0.1, 0.15) is 36.2 Å². The average molecular weight is 837 g/mol. The van der Waals surface area contributed by atoms with Gasteiger partial charge in [0.25, 0.3) is 10.1 Å². The lowest BCUT2D eigenvalue weighted by molar-refractivity contribution is -0.141. The topological polar surface area (TPSA) is 146 Å². The molecule has 1 unspecified atom stereocenters. The number of halogens is 1. The van der Waals surface area contributed by atoms with Gasteiger partial charge in [0.05, 0.1) is 18.4 Å². The highest BCUT2D eigenvalue weighted by molar-refractivity contribution is 7.86. The zero-order valence-corrected chi connectivity index (χ0v) is 35.6. The van der Waals surface area contributed by atoms with Crippen LogP contribution in [0.15, 0.2) is 71.6 Å². The molecule has 2 aliphatic heterocycles. The standard InChI is InChI=1S/C45H57FN2O10S/c1-31-8-15-40(16-9-31)59(53,54)57-24-23-56-39-13-11-33(12-14-39)35-25-36(27-38(46)26-35)37(29-43(51)55-5)28-41(49)34-7-6-20-48(30-34)42(50)17-10-32-18-21-47(22-19-32)44(52)58-45(2,3)4/h8-9,11-16,25-27,32,34,37H,6-7,10,17-24,28-30H2,1-5H3/t34-,37?/m1/s1. The van der Waals surface area contributed by atoms with E-state index in [2.05, 4.69) is 0 Å². The lowest BCUT2D eigenvalue weighted by atomic mass is 9.83. The Morgan fingerprint density at radius 1 is 0.847 bits per heavy atom. The summed E-state index contributed by atoms with van der Waals surface area (Å²) in [5, 5.41) is 0. The molecule has 3 aromatic rings. The number of benzene rings is 3. The number of rotatable bonds is 16. The highest BCUT2D eigenvalue weighted by Crippen LogP contribution is 2.33. The van der Waals surface area contributed by atoms with Crippen LogP contribution in [0.25, 0.3) is 11.1 Å². The largest absolute Gasteiger partial charge is 0.491 e. The average Bonchev–Trinajstić information content (AvgIpc) is 3.21. The Bertz CT molecular complexity index is 2020. The number of carbonyl (C=O) groups is 4. The van der Waals surface area contributed by atoms with Crippen molar-refractivity contribution < 1.29 is 50.4 Å². The van der Waals surface area contributed by atoms with Crippen molar-refractivity contribution in [3.05, 3.63) is 83.7 Å². The van der Waals surface area contributed by atoms with E-state index in [1.807, 2.05) is 27.7 Å². The molecule has 0 N–H and O–H groups in total. The van der Waals surface area contributed by atoms with E-state index in [0.29, 0.717) is 80.2 Å². The molecule has 0 bridgehead atoms. The molecule has 2 heterocycles. The highest BCUT2D eigenvalue weighted by Gasteiger charge is 2.32. The van der Waals surface area contributed by atoms with Crippen molar-refractivity contribution in [1.29, 1.82) is 0 Å². The second-order valence-electron chi connectivity index (χ2n) is 16.5. The van der Waals surface area contributed by atoms with Gasteiger partial charge in [-0.2, -0.15) is 8.42 Å². The first-order chi connectivity index (χ1) is 28.0. The van der Waals surface area contributed by atoms with Crippen LogP contribution in [0.3, 0.4) is 0 Å². The van der Waals surface area contributed by atoms with E-state index in [1.54, 1.807) is 52.3 Å². The number of hydrogen-bond acceptors (Lipinski definition) is 10. The third-order valence-electron chi connectivity index (χ3n) is 10.8. The van der Waals surface area contributed by atoms with Crippen molar-refractivity contribution in [2.75, 3.05) is 46.5 Å². The molecular weight excluding hydrogens is 780 g/mol. The number of ketones is 1. The van der Waals surface area contributed by atoms with Crippen LogP contribution in [0.5, 0.6) is 5.75 Å². The molecule has 0 aliphatic carbocycles. The van der Waals surface area contributed by atoms with Gasteiger partial charge in [0.15, 0.2) is 0 Å². The number of carbonyl (C=O) groups excluding carboxylic acids is 4. The van der Waals surface area contributed by atoms with E-state index in [9.17, 15) is 27.6 Å². The van der Waals surface area contributed by atoms with E-state index >= 15 is 4.39 Å². The number of esters is 1. The number of piperidine rings is 2. The second-order valence-corrected chi connectivity index (χ2v) is 18.1. The van der Waals surface area contributed by atoms with Crippen molar-refractivity contribution in [3.63, 3.8) is 0 Å². The minimum atomic E-state index is -3.92. The lowest BCUT2D eigenvalue weighted by Gasteiger charge is -2.35. The molecule has 14 heteroatoms. The zero-order valence-electron chi connectivity index (χ0n) is 34.7. The number of methoxy groups -OCH3 is 1. The summed E-state index contributed by atoms with van der Waals surface area (Å²) in [7, 11) is -2.65. The van der Waals surface area contributed by atoms with Crippen LogP contribution in [0, 0.1) is 24.6 Å². The Labute approximate surface area is 347 Å². The molecular formula is C45H57FN2O10S. The molecule has 2 amide bonds. The molecule has 0 aromatic heterocycles. The molecule has 2 saturated heterocycles. The van der Waals surface area contributed by atoms with Crippen molar-refractivity contribution in [1.82, 2.24) is 9.80 Å². The first kappa shape index (κ1) is 45.3. The molecule has 2 aliphatic rings. The van der Waals surface area contributed by atoms with Gasteiger partial charge >= 0.3 is 12.1 Å². The van der Waals surface area contributed by atoms with Crippen LogP contribution >= 0.6 is 0 Å². The fraction of sp³-hybridized carbons (Fsp3) is 0.511. The van der Waals surface area contributed by atoms with E-state index in [1.165, 1.54) is 31.4 Å². The number of aryl methyl sites for hydroxylation is 1. The maximum Gasteiger partial charge on any atom is 0.410 e. The molecule has 320 valence electrons. The highest BCUT2D eigenvalue weighted by atomic mass is 32.2. The third-order valence-corrected chi connectivity index (χ3v) is 12.2. The molecule has 3 aromatic carbocycles. The fourth-order valence-electron chi connectivity index (χ4n) is 7.52. The molecule has 59 heavy (non-hydrogen) atoms. The quantitative estimate of drug-likeness (QED) is 0.0794. The van der Waals surface area contributed by atoms with E-state index in [-0.39, 0.29) is 48.7 Å². The SMILES string of the molecule is COC(=O)CC(CC(=O)[C@@H]1CCCN(C(=O)CCC2CCN(C(=O)OC(C)(C)C)CC2)C1)c1cc(F)cc(-c2ccc(OCCOS(=O)(=O)c3ccc(C)cc3)cc2)c1. The summed E-state index contributed by atoms with van der Waals surface area (Å²) in [5.74, 6) is -1.41. The number of nitrogens with zero attached hydrogens (tertiary/aromatic N) is 2. The first-order valence-electron chi connectivity index (χ1n) is 20.3. The Kier molecular flexibility index (Phi) is 15.7. The summed E-state index contributed by atoms with van der Waals surface area (Å²) < 4.78 is 61.3. The minimum absolute atomic E-state index is 0.00812. The fourth-order valence-corrected chi connectivity index (χ4v) is 8.41. The van der Waals surface area contributed by atoms with Gasteiger partial charge in [-0.25, -0.2) is 9.18 Å². The number of ether oxygens (including phenoxy) is 3. The summed E-state index contributed by atoms with van der Waals surface area (Å²) in [4.78, 5) is 55.7. The van der Waals surface area contributed by atoms with Gasteiger partial charge in [-0.05, 0) is 119 Å². The van der Waals surface area contributed by atoms with Crippen LogP contribution in [-0.4, -0.2) is 94.1 Å². The number of amides is 2. The summed E-state index contributed by atoms with van der Waals surface area (Å²) >= 11 is 0. The smallest absolute Gasteiger partial charge is 0.410 e. The Morgan fingerprint density at radius 3 is 2.20 bits per heavy atom.